The summed E-state index contributed by atoms with van der Waals surface area (Å²) in [4.78, 5) is 13.7. The largest absolute Gasteiger partial charge is 0.428 e. The molecule has 1 saturated heterocycles. The number of hydrogen-bond acceptors (Lipinski definition) is 5. The first kappa shape index (κ1) is 23.7. The number of nitrogens with zero attached hydrogens (tertiary/aromatic N) is 1. The average molecular weight is 457 g/mol. The number of nitrogen functional groups attached to an aromatic ring is 1. The molecule has 0 spiro atoms. The molecule has 5 heteroatoms. The maximum atomic E-state index is 11.3. The normalized spacial score (nSPS) is 14.7. The SMILES string of the molecule is C/C=C(/c1ccc(N)cc1)c1c(OC=O)cc(C)c(-c2ccc(CN3CCOCC3)cc2)c1C. The van der Waals surface area contributed by atoms with E-state index in [1.54, 1.807) is 0 Å². The molecule has 34 heavy (non-hydrogen) atoms. The monoisotopic (exact) mass is 456 g/mol. The van der Waals surface area contributed by atoms with Crippen LogP contribution >= 0.6 is 0 Å². The molecule has 1 aliphatic rings. The standard InChI is InChI=1S/C29H32N2O3/c1-4-26(23-9-11-25(30)12-10-23)29-21(3)28(20(2)17-27(29)34-19-32)24-7-5-22(6-8-24)18-31-13-15-33-16-14-31/h4-12,17,19H,13-16,18,30H2,1-3H3/b26-4-. The highest BCUT2D eigenvalue weighted by atomic mass is 16.5. The van der Waals surface area contributed by atoms with Gasteiger partial charge < -0.3 is 15.2 Å². The molecule has 2 N–H and O–H groups in total. The second-order valence-corrected chi connectivity index (χ2v) is 8.69. The topological polar surface area (TPSA) is 64.8 Å². The van der Waals surface area contributed by atoms with Gasteiger partial charge in [0.25, 0.3) is 6.47 Å². The van der Waals surface area contributed by atoms with Crippen molar-refractivity contribution < 1.29 is 14.3 Å². The maximum absolute atomic E-state index is 11.3. The maximum Gasteiger partial charge on any atom is 0.298 e. The van der Waals surface area contributed by atoms with Crippen LogP contribution in [0.4, 0.5) is 5.69 Å². The molecular weight excluding hydrogens is 424 g/mol. The molecule has 0 radical (unpaired) electrons. The summed E-state index contributed by atoms with van der Waals surface area (Å²) in [5.41, 5.74) is 15.3. The van der Waals surface area contributed by atoms with Crippen LogP contribution in [0.15, 0.2) is 60.7 Å². The van der Waals surface area contributed by atoms with Crippen molar-refractivity contribution in [2.45, 2.75) is 27.3 Å². The molecule has 1 aliphatic heterocycles. The van der Waals surface area contributed by atoms with E-state index in [1.807, 2.05) is 37.3 Å². The molecule has 0 atom stereocenters. The van der Waals surface area contributed by atoms with E-state index in [0.29, 0.717) is 17.9 Å². The summed E-state index contributed by atoms with van der Waals surface area (Å²) in [7, 11) is 0. The Morgan fingerprint density at radius 3 is 2.35 bits per heavy atom. The van der Waals surface area contributed by atoms with E-state index < -0.39 is 0 Å². The van der Waals surface area contributed by atoms with Crippen molar-refractivity contribution in [2.24, 2.45) is 0 Å². The van der Waals surface area contributed by atoms with E-state index in [2.05, 4.69) is 49.1 Å². The molecule has 4 rings (SSSR count). The Balaban J connectivity index is 1.75. The summed E-state index contributed by atoms with van der Waals surface area (Å²) in [5.74, 6) is 0.558. The lowest BCUT2D eigenvalue weighted by molar-refractivity contribution is -0.120. The third-order valence-electron chi connectivity index (χ3n) is 6.45. The van der Waals surface area contributed by atoms with Gasteiger partial charge in [-0.25, -0.2) is 0 Å². The molecule has 1 fully saturated rings. The van der Waals surface area contributed by atoms with Crippen LogP contribution in [0.25, 0.3) is 16.7 Å². The van der Waals surface area contributed by atoms with Crippen molar-refractivity contribution in [3.63, 3.8) is 0 Å². The lowest BCUT2D eigenvalue weighted by Gasteiger charge is -2.26. The van der Waals surface area contributed by atoms with Crippen LogP contribution in [-0.2, 0) is 16.1 Å². The summed E-state index contributed by atoms with van der Waals surface area (Å²) in [6.07, 6.45) is 2.05. The van der Waals surface area contributed by atoms with Gasteiger partial charge in [0, 0.05) is 30.9 Å². The van der Waals surface area contributed by atoms with E-state index in [9.17, 15) is 4.79 Å². The molecule has 0 aliphatic carbocycles. The van der Waals surface area contributed by atoms with Crippen LogP contribution in [0.5, 0.6) is 5.75 Å². The van der Waals surface area contributed by atoms with Gasteiger partial charge in [-0.3, -0.25) is 9.69 Å². The number of aryl methyl sites for hydroxylation is 1. The van der Waals surface area contributed by atoms with Crippen molar-refractivity contribution >= 4 is 17.7 Å². The van der Waals surface area contributed by atoms with Crippen LogP contribution < -0.4 is 10.5 Å². The van der Waals surface area contributed by atoms with Gasteiger partial charge in [0.05, 0.1) is 13.2 Å². The number of morpholine rings is 1. The van der Waals surface area contributed by atoms with E-state index in [1.165, 1.54) is 5.56 Å². The Labute approximate surface area is 201 Å². The first-order chi connectivity index (χ1) is 16.5. The molecule has 5 nitrogen and oxygen atoms in total. The van der Waals surface area contributed by atoms with E-state index in [-0.39, 0.29) is 0 Å². The van der Waals surface area contributed by atoms with Gasteiger partial charge >= 0.3 is 0 Å². The number of rotatable bonds is 7. The number of ether oxygens (including phenoxy) is 2. The van der Waals surface area contributed by atoms with Gasteiger partial charge in [0.15, 0.2) is 0 Å². The number of carbonyl (C=O) groups is 1. The van der Waals surface area contributed by atoms with E-state index >= 15 is 0 Å². The molecule has 3 aromatic carbocycles. The van der Waals surface area contributed by atoms with Crippen molar-refractivity contribution in [1.82, 2.24) is 4.90 Å². The lowest BCUT2D eigenvalue weighted by atomic mass is 9.86. The Morgan fingerprint density at radius 1 is 1.06 bits per heavy atom. The van der Waals surface area contributed by atoms with Gasteiger partial charge in [0.1, 0.15) is 5.75 Å². The molecule has 0 aromatic heterocycles. The van der Waals surface area contributed by atoms with Crippen molar-refractivity contribution in [3.05, 3.63) is 88.5 Å². The zero-order valence-corrected chi connectivity index (χ0v) is 20.1. The molecule has 176 valence electrons. The highest BCUT2D eigenvalue weighted by molar-refractivity contribution is 5.89. The molecular formula is C29H32N2O3. The minimum absolute atomic E-state index is 0.494. The minimum atomic E-state index is 0.494. The number of anilines is 1. The van der Waals surface area contributed by atoms with Crippen molar-refractivity contribution in [2.75, 3.05) is 32.0 Å². The molecule has 0 saturated carbocycles. The zero-order chi connectivity index (χ0) is 24.1. The Hall–Kier alpha value is -3.41. The van der Waals surface area contributed by atoms with Gasteiger partial charge in [-0.1, -0.05) is 42.5 Å². The Bertz CT molecular complexity index is 1180. The first-order valence-corrected chi connectivity index (χ1v) is 11.7. The fourth-order valence-electron chi connectivity index (χ4n) is 4.78. The van der Waals surface area contributed by atoms with Gasteiger partial charge in [-0.15, -0.1) is 0 Å². The minimum Gasteiger partial charge on any atom is -0.428 e. The Morgan fingerprint density at radius 2 is 1.74 bits per heavy atom. The zero-order valence-electron chi connectivity index (χ0n) is 20.1. The van der Waals surface area contributed by atoms with Crippen LogP contribution in [0.1, 0.15) is 34.7 Å². The highest BCUT2D eigenvalue weighted by Gasteiger charge is 2.20. The summed E-state index contributed by atoms with van der Waals surface area (Å²) in [6, 6.07) is 18.5. The summed E-state index contributed by atoms with van der Waals surface area (Å²) >= 11 is 0. The van der Waals surface area contributed by atoms with Crippen molar-refractivity contribution in [3.8, 4) is 16.9 Å². The number of benzene rings is 3. The smallest absolute Gasteiger partial charge is 0.298 e. The average Bonchev–Trinajstić information content (AvgIpc) is 2.84. The molecule has 0 bridgehead atoms. The fraction of sp³-hybridized carbons (Fsp3) is 0.276. The predicted octanol–water partition coefficient (Wildman–Crippen LogP) is 5.37. The lowest BCUT2D eigenvalue weighted by Crippen LogP contribution is -2.35. The molecule has 1 heterocycles. The van der Waals surface area contributed by atoms with Gasteiger partial charge in [-0.2, -0.15) is 0 Å². The molecule has 0 unspecified atom stereocenters. The first-order valence-electron chi connectivity index (χ1n) is 11.7. The van der Waals surface area contributed by atoms with Crippen molar-refractivity contribution in [1.29, 1.82) is 0 Å². The van der Waals surface area contributed by atoms with Gasteiger partial charge in [0.2, 0.25) is 0 Å². The predicted molar refractivity (Wildman–Crippen MR) is 138 cm³/mol. The van der Waals surface area contributed by atoms with E-state index in [0.717, 1.165) is 71.8 Å². The summed E-state index contributed by atoms with van der Waals surface area (Å²) in [5, 5.41) is 0. The molecule has 3 aromatic rings. The van der Waals surface area contributed by atoms with Crippen LogP contribution in [0.3, 0.4) is 0 Å². The van der Waals surface area contributed by atoms with E-state index in [4.69, 9.17) is 15.2 Å². The summed E-state index contributed by atoms with van der Waals surface area (Å²) in [6.45, 7) is 11.1. The summed E-state index contributed by atoms with van der Waals surface area (Å²) < 4.78 is 10.9. The second-order valence-electron chi connectivity index (χ2n) is 8.69. The quantitative estimate of drug-likeness (QED) is 0.382. The molecule has 0 amide bonds. The van der Waals surface area contributed by atoms with Crippen LogP contribution in [0, 0.1) is 13.8 Å². The second kappa shape index (κ2) is 10.7. The fourth-order valence-corrected chi connectivity index (χ4v) is 4.78. The number of nitrogens with two attached hydrogens (primary N) is 1. The van der Waals surface area contributed by atoms with Crippen LogP contribution in [0.2, 0.25) is 0 Å². The number of allylic oxidation sites excluding steroid dienone is 1. The highest BCUT2D eigenvalue weighted by Crippen LogP contribution is 2.41. The number of hydrogen-bond donors (Lipinski definition) is 1. The third kappa shape index (κ3) is 5.06. The Kier molecular flexibility index (Phi) is 7.46. The van der Waals surface area contributed by atoms with Crippen LogP contribution in [-0.4, -0.2) is 37.7 Å². The van der Waals surface area contributed by atoms with Gasteiger partial charge in [-0.05, 0) is 77.9 Å². The number of carbonyl (C=O) groups excluding carboxylic acids is 1. The third-order valence-corrected chi connectivity index (χ3v) is 6.45.